The highest BCUT2D eigenvalue weighted by atomic mass is 32.2. The predicted molar refractivity (Wildman–Crippen MR) is 116 cm³/mol. The molecule has 0 saturated heterocycles. The van der Waals surface area contributed by atoms with Crippen molar-refractivity contribution < 1.29 is 23.9 Å². The quantitative estimate of drug-likeness (QED) is 0.376. The Labute approximate surface area is 179 Å². The fourth-order valence-electron chi connectivity index (χ4n) is 2.63. The number of Topliss-reactive ketones (excluding diaryl/α,β-unsaturated/α-hetero) is 1. The second-order valence-corrected chi connectivity index (χ2v) is 7.51. The second kappa shape index (κ2) is 11.2. The van der Waals surface area contributed by atoms with Gasteiger partial charge >= 0.3 is 12.0 Å². The molecule has 0 radical (unpaired) electrons. The standard InChI is InChI=1S/C22H24N2O5S/c1-14-4-9-18(15(2)12-14)23-22(28)24-20(26)13-29-21(27)11-10-19(25)16-5-7-17(30-3)8-6-16/h4-9,12H,10-11,13H2,1-3H3,(H2,23,24,26,28). The second-order valence-electron chi connectivity index (χ2n) is 6.63. The Balaban J connectivity index is 1.71. The van der Waals surface area contributed by atoms with Gasteiger partial charge in [-0.15, -0.1) is 11.8 Å². The molecule has 158 valence electrons. The van der Waals surface area contributed by atoms with Crippen LogP contribution in [-0.4, -0.2) is 36.6 Å². The Morgan fingerprint density at radius 1 is 0.967 bits per heavy atom. The summed E-state index contributed by atoms with van der Waals surface area (Å²) >= 11 is 1.57. The molecule has 0 aliphatic carbocycles. The molecule has 0 aromatic heterocycles. The molecular weight excluding hydrogens is 404 g/mol. The van der Waals surface area contributed by atoms with Crippen molar-refractivity contribution in [3.63, 3.8) is 0 Å². The number of carbonyl (C=O) groups excluding carboxylic acids is 4. The van der Waals surface area contributed by atoms with Gasteiger partial charge in [-0.05, 0) is 43.9 Å². The lowest BCUT2D eigenvalue weighted by atomic mass is 10.1. The summed E-state index contributed by atoms with van der Waals surface area (Å²) in [6.07, 6.45) is 1.77. The monoisotopic (exact) mass is 428 g/mol. The van der Waals surface area contributed by atoms with Gasteiger partial charge in [-0.1, -0.05) is 29.8 Å². The van der Waals surface area contributed by atoms with E-state index < -0.39 is 24.5 Å². The molecule has 2 N–H and O–H groups in total. The first-order valence-electron chi connectivity index (χ1n) is 9.29. The van der Waals surface area contributed by atoms with Crippen LogP contribution in [0, 0.1) is 13.8 Å². The van der Waals surface area contributed by atoms with Crippen molar-refractivity contribution >= 4 is 41.1 Å². The van der Waals surface area contributed by atoms with Crippen LogP contribution >= 0.6 is 11.8 Å². The van der Waals surface area contributed by atoms with Crippen LogP contribution in [0.5, 0.6) is 0 Å². The van der Waals surface area contributed by atoms with Gasteiger partial charge in [0.2, 0.25) is 0 Å². The van der Waals surface area contributed by atoms with Gasteiger partial charge in [0.15, 0.2) is 12.4 Å². The number of esters is 1. The number of rotatable bonds is 8. The van der Waals surface area contributed by atoms with Crippen LogP contribution in [0.4, 0.5) is 10.5 Å². The van der Waals surface area contributed by atoms with Crippen molar-refractivity contribution in [2.45, 2.75) is 31.6 Å². The number of ether oxygens (including phenoxy) is 1. The Bertz CT molecular complexity index is 941. The zero-order chi connectivity index (χ0) is 22.1. The zero-order valence-electron chi connectivity index (χ0n) is 17.1. The molecule has 7 nitrogen and oxygen atoms in total. The van der Waals surface area contributed by atoms with E-state index in [1.807, 2.05) is 44.4 Å². The van der Waals surface area contributed by atoms with Gasteiger partial charge in [-0.25, -0.2) is 4.79 Å². The fourth-order valence-corrected chi connectivity index (χ4v) is 3.03. The van der Waals surface area contributed by atoms with Crippen LogP contribution in [-0.2, 0) is 14.3 Å². The van der Waals surface area contributed by atoms with Crippen molar-refractivity contribution in [1.29, 1.82) is 0 Å². The summed E-state index contributed by atoms with van der Waals surface area (Å²) in [5, 5.41) is 4.66. The Hall–Kier alpha value is -3.13. The minimum Gasteiger partial charge on any atom is -0.456 e. The summed E-state index contributed by atoms with van der Waals surface area (Å²) < 4.78 is 4.83. The summed E-state index contributed by atoms with van der Waals surface area (Å²) in [6, 6.07) is 11.9. The van der Waals surface area contributed by atoms with Crippen LogP contribution in [0.2, 0.25) is 0 Å². The van der Waals surface area contributed by atoms with Gasteiger partial charge in [-0.3, -0.25) is 19.7 Å². The van der Waals surface area contributed by atoms with E-state index in [0.29, 0.717) is 11.3 Å². The van der Waals surface area contributed by atoms with E-state index in [4.69, 9.17) is 4.74 Å². The molecule has 0 unspecified atom stereocenters. The van der Waals surface area contributed by atoms with Crippen LogP contribution in [0.3, 0.4) is 0 Å². The number of imide groups is 1. The lowest BCUT2D eigenvalue weighted by Gasteiger charge is -2.10. The van der Waals surface area contributed by atoms with E-state index in [9.17, 15) is 19.2 Å². The minimum atomic E-state index is -0.760. The number of urea groups is 1. The lowest BCUT2D eigenvalue weighted by molar-refractivity contribution is -0.148. The molecule has 0 spiro atoms. The summed E-state index contributed by atoms with van der Waals surface area (Å²) in [4.78, 5) is 48.6. The van der Waals surface area contributed by atoms with Crippen molar-refractivity contribution in [1.82, 2.24) is 5.32 Å². The van der Waals surface area contributed by atoms with Crippen LogP contribution in [0.1, 0.15) is 34.3 Å². The molecule has 0 heterocycles. The average molecular weight is 429 g/mol. The number of aryl methyl sites for hydroxylation is 2. The summed E-state index contributed by atoms with van der Waals surface area (Å²) in [5.74, 6) is -1.63. The van der Waals surface area contributed by atoms with Gasteiger partial charge in [-0.2, -0.15) is 0 Å². The van der Waals surface area contributed by atoms with Crippen molar-refractivity contribution in [3.05, 3.63) is 59.2 Å². The number of hydrogen-bond donors (Lipinski definition) is 2. The largest absolute Gasteiger partial charge is 0.456 e. The van der Waals surface area contributed by atoms with E-state index in [1.165, 1.54) is 0 Å². The lowest BCUT2D eigenvalue weighted by Crippen LogP contribution is -2.37. The normalized spacial score (nSPS) is 10.2. The molecule has 2 rings (SSSR count). The number of thioether (sulfide) groups is 1. The highest BCUT2D eigenvalue weighted by Crippen LogP contribution is 2.17. The van der Waals surface area contributed by atoms with Gasteiger partial charge in [0.25, 0.3) is 5.91 Å². The molecule has 0 aliphatic rings. The van der Waals surface area contributed by atoms with Crippen LogP contribution < -0.4 is 10.6 Å². The van der Waals surface area contributed by atoms with Gasteiger partial charge in [0, 0.05) is 22.6 Å². The van der Waals surface area contributed by atoms with E-state index in [0.717, 1.165) is 16.0 Å². The Morgan fingerprint density at radius 2 is 1.67 bits per heavy atom. The highest BCUT2D eigenvalue weighted by Gasteiger charge is 2.14. The number of nitrogens with one attached hydrogen (secondary N) is 2. The van der Waals surface area contributed by atoms with Crippen LogP contribution in [0.15, 0.2) is 47.4 Å². The van der Waals surface area contributed by atoms with Gasteiger partial charge < -0.3 is 10.1 Å². The van der Waals surface area contributed by atoms with Crippen molar-refractivity contribution in [3.8, 4) is 0 Å². The maximum Gasteiger partial charge on any atom is 0.325 e. The molecule has 0 saturated carbocycles. The molecule has 3 amide bonds. The zero-order valence-corrected chi connectivity index (χ0v) is 17.9. The number of ketones is 1. The van der Waals surface area contributed by atoms with Crippen molar-refractivity contribution in [2.24, 2.45) is 0 Å². The van der Waals surface area contributed by atoms with Gasteiger partial charge in [0.05, 0.1) is 6.42 Å². The topological polar surface area (TPSA) is 102 Å². The molecule has 0 aliphatic heterocycles. The van der Waals surface area contributed by atoms with Crippen LogP contribution in [0.25, 0.3) is 0 Å². The van der Waals surface area contributed by atoms with E-state index >= 15 is 0 Å². The first-order chi connectivity index (χ1) is 14.3. The van der Waals surface area contributed by atoms with E-state index in [-0.39, 0.29) is 18.6 Å². The minimum absolute atomic E-state index is 0.0216. The Morgan fingerprint density at radius 3 is 2.30 bits per heavy atom. The molecule has 0 atom stereocenters. The predicted octanol–water partition coefficient (Wildman–Crippen LogP) is 3.88. The third kappa shape index (κ3) is 7.36. The number of hydrogen-bond acceptors (Lipinski definition) is 6. The van der Waals surface area contributed by atoms with E-state index in [1.54, 1.807) is 30.0 Å². The first kappa shape index (κ1) is 23.2. The summed E-state index contributed by atoms with van der Waals surface area (Å²) in [6.45, 7) is 3.17. The Kier molecular flexibility index (Phi) is 8.61. The summed E-state index contributed by atoms with van der Waals surface area (Å²) in [7, 11) is 0. The third-order valence-corrected chi connectivity index (χ3v) is 4.96. The maximum atomic E-state index is 12.1. The maximum absolute atomic E-state index is 12.1. The summed E-state index contributed by atoms with van der Waals surface area (Å²) in [5.41, 5.74) is 3.00. The number of carbonyl (C=O) groups is 4. The molecule has 2 aromatic rings. The molecule has 8 heteroatoms. The molecule has 0 bridgehead atoms. The number of benzene rings is 2. The third-order valence-electron chi connectivity index (χ3n) is 4.22. The highest BCUT2D eigenvalue weighted by molar-refractivity contribution is 7.98. The number of amides is 3. The van der Waals surface area contributed by atoms with Gasteiger partial charge in [0.1, 0.15) is 0 Å². The fraction of sp³-hybridized carbons (Fsp3) is 0.273. The molecular formula is C22H24N2O5S. The molecule has 0 fully saturated rings. The number of anilines is 1. The average Bonchev–Trinajstić information content (AvgIpc) is 2.72. The molecule has 2 aromatic carbocycles. The van der Waals surface area contributed by atoms with E-state index in [2.05, 4.69) is 10.6 Å². The molecule has 30 heavy (non-hydrogen) atoms. The SMILES string of the molecule is CSc1ccc(C(=O)CCC(=O)OCC(=O)NC(=O)Nc2ccc(C)cc2C)cc1. The van der Waals surface area contributed by atoms with Crippen molar-refractivity contribution in [2.75, 3.05) is 18.2 Å². The smallest absolute Gasteiger partial charge is 0.325 e. The first-order valence-corrected chi connectivity index (χ1v) is 10.5.